The number of aryl methyl sites for hydroxylation is 1. The van der Waals surface area contributed by atoms with Crippen LogP contribution in [0.2, 0.25) is 0 Å². The molecule has 0 radical (unpaired) electrons. The van der Waals surface area contributed by atoms with E-state index in [1.807, 2.05) is 4.57 Å². The summed E-state index contributed by atoms with van der Waals surface area (Å²) >= 11 is 5.26. The summed E-state index contributed by atoms with van der Waals surface area (Å²) in [5.41, 5.74) is 1.65. The number of hydrogen-bond donors (Lipinski definition) is 2. The summed E-state index contributed by atoms with van der Waals surface area (Å²) in [5.74, 6) is 1.57. The van der Waals surface area contributed by atoms with Gasteiger partial charge in [0, 0.05) is 36.3 Å². The number of anilines is 1. The monoisotopic (exact) mass is 319 g/mol. The number of nitro groups is 1. The van der Waals surface area contributed by atoms with E-state index < -0.39 is 0 Å². The van der Waals surface area contributed by atoms with Crippen LogP contribution in [-0.4, -0.2) is 26.2 Å². The number of benzene rings is 1. The Bertz CT molecular complexity index is 763. The van der Waals surface area contributed by atoms with Crippen molar-refractivity contribution in [3.8, 4) is 0 Å². The second-order valence-electron chi connectivity index (χ2n) is 5.50. The second-order valence-corrected chi connectivity index (χ2v) is 5.88. The molecular weight excluding hydrogens is 302 g/mol. The van der Waals surface area contributed by atoms with Crippen LogP contribution in [0, 0.1) is 21.8 Å². The van der Waals surface area contributed by atoms with Crippen LogP contribution in [0.25, 0.3) is 0 Å². The van der Waals surface area contributed by atoms with Crippen LogP contribution in [0.1, 0.15) is 30.1 Å². The van der Waals surface area contributed by atoms with E-state index in [4.69, 9.17) is 12.2 Å². The number of aromatic nitrogens is 3. The lowest BCUT2D eigenvalue weighted by Crippen LogP contribution is -2.13. The summed E-state index contributed by atoms with van der Waals surface area (Å²) in [6.07, 6.45) is 2.35. The van der Waals surface area contributed by atoms with Crippen LogP contribution in [-0.2, 0) is 6.54 Å². The van der Waals surface area contributed by atoms with Crippen molar-refractivity contribution in [3.05, 3.63) is 44.5 Å². The maximum atomic E-state index is 10.8. The Kier molecular flexibility index (Phi) is 3.93. The molecule has 116 valence electrons. The van der Waals surface area contributed by atoms with Crippen molar-refractivity contribution in [1.82, 2.24) is 14.8 Å². The first-order valence-corrected chi connectivity index (χ1v) is 7.61. The van der Waals surface area contributed by atoms with Crippen LogP contribution in [0.5, 0.6) is 0 Å². The summed E-state index contributed by atoms with van der Waals surface area (Å²) < 4.78 is 2.67. The lowest BCUT2D eigenvalue weighted by Gasteiger charge is -2.09. The Morgan fingerprint density at radius 3 is 2.95 bits per heavy atom. The summed E-state index contributed by atoms with van der Waals surface area (Å²) in [7, 11) is 0. The van der Waals surface area contributed by atoms with E-state index in [1.165, 1.54) is 18.9 Å². The number of rotatable bonds is 6. The first-order chi connectivity index (χ1) is 10.6. The van der Waals surface area contributed by atoms with Crippen molar-refractivity contribution >= 4 is 23.6 Å². The van der Waals surface area contributed by atoms with E-state index >= 15 is 0 Å². The third-order valence-corrected chi connectivity index (χ3v) is 4.10. The Balaban J connectivity index is 1.64. The molecule has 22 heavy (non-hydrogen) atoms. The molecule has 0 atom stereocenters. The highest BCUT2D eigenvalue weighted by molar-refractivity contribution is 7.71. The van der Waals surface area contributed by atoms with E-state index in [-0.39, 0.29) is 10.6 Å². The van der Waals surface area contributed by atoms with E-state index in [1.54, 1.807) is 19.1 Å². The molecule has 8 heteroatoms. The van der Waals surface area contributed by atoms with Crippen LogP contribution >= 0.6 is 12.2 Å². The third-order valence-electron chi connectivity index (χ3n) is 3.79. The van der Waals surface area contributed by atoms with Crippen molar-refractivity contribution < 1.29 is 4.92 Å². The zero-order valence-electron chi connectivity index (χ0n) is 12.2. The summed E-state index contributed by atoms with van der Waals surface area (Å²) in [6.45, 7) is 3.14. The second kappa shape index (κ2) is 5.88. The van der Waals surface area contributed by atoms with Gasteiger partial charge in [0.2, 0.25) is 0 Å². The molecule has 0 saturated heterocycles. The minimum absolute atomic E-state index is 0.138. The number of nitrogens with zero attached hydrogens (tertiary/aromatic N) is 3. The van der Waals surface area contributed by atoms with Gasteiger partial charge >= 0.3 is 0 Å². The average Bonchev–Trinajstić information content (AvgIpc) is 3.24. The van der Waals surface area contributed by atoms with E-state index in [0.29, 0.717) is 22.8 Å². The Morgan fingerprint density at radius 2 is 2.32 bits per heavy atom. The highest BCUT2D eigenvalue weighted by atomic mass is 32.1. The summed E-state index contributed by atoms with van der Waals surface area (Å²) in [6, 6.07) is 5.03. The van der Waals surface area contributed by atoms with Crippen molar-refractivity contribution in [3.63, 3.8) is 0 Å². The Morgan fingerprint density at radius 1 is 1.55 bits per heavy atom. The van der Waals surface area contributed by atoms with E-state index in [9.17, 15) is 10.1 Å². The first kappa shape index (κ1) is 14.7. The topological polar surface area (TPSA) is 88.8 Å². The highest BCUT2D eigenvalue weighted by Crippen LogP contribution is 2.38. The molecule has 0 bridgehead atoms. The maximum Gasteiger partial charge on any atom is 0.272 e. The minimum Gasteiger partial charge on any atom is -0.383 e. The van der Waals surface area contributed by atoms with Gasteiger partial charge in [-0.1, -0.05) is 0 Å². The molecule has 0 aliphatic heterocycles. The minimum atomic E-state index is -0.369. The van der Waals surface area contributed by atoms with Crippen molar-refractivity contribution in [2.45, 2.75) is 32.2 Å². The zero-order chi connectivity index (χ0) is 15.7. The van der Waals surface area contributed by atoms with Gasteiger partial charge < -0.3 is 9.88 Å². The molecule has 1 aliphatic carbocycles. The van der Waals surface area contributed by atoms with Gasteiger partial charge in [-0.25, -0.2) is 0 Å². The third kappa shape index (κ3) is 3.01. The van der Waals surface area contributed by atoms with Crippen LogP contribution in [0.4, 0.5) is 11.4 Å². The summed E-state index contributed by atoms with van der Waals surface area (Å²) in [4.78, 5) is 10.4. The number of H-pyrrole nitrogens is 1. The number of aromatic amines is 1. The van der Waals surface area contributed by atoms with Crippen LogP contribution < -0.4 is 5.32 Å². The molecule has 1 heterocycles. The van der Waals surface area contributed by atoms with Crippen molar-refractivity contribution in [2.75, 3.05) is 11.9 Å². The van der Waals surface area contributed by atoms with Gasteiger partial charge in [-0.3, -0.25) is 15.2 Å². The molecule has 0 spiro atoms. The van der Waals surface area contributed by atoms with Gasteiger partial charge in [0.15, 0.2) is 4.77 Å². The quantitative estimate of drug-likeness (QED) is 0.485. The highest BCUT2D eigenvalue weighted by Gasteiger charge is 2.28. The molecule has 2 N–H and O–H groups in total. The largest absolute Gasteiger partial charge is 0.383 e. The number of nitrogens with one attached hydrogen (secondary N) is 2. The molecule has 0 unspecified atom stereocenters. The van der Waals surface area contributed by atoms with Gasteiger partial charge in [-0.15, -0.1) is 0 Å². The molecule has 7 nitrogen and oxygen atoms in total. The molecule has 3 rings (SSSR count). The van der Waals surface area contributed by atoms with Crippen LogP contribution in [0.3, 0.4) is 0 Å². The van der Waals surface area contributed by atoms with Gasteiger partial charge in [0.05, 0.1) is 4.92 Å². The van der Waals surface area contributed by atoms with Gasteiger partial charge in [-0.2, -0.15) is 5.10 Å². The maximum absolute atomic E-state index is 10.8. The van der Waals surface area contributed by atoms with Gasteiger partial charge in [-0.05, 0) is 44.1 Å². The van der Waals surface area contributed by atoms with Crippen LogP contribution in [0.15, 0.2) is 18.2 Å². The lowest BCUT2D eigenvalue weighted by atomic mass is 10.2. The number of hydrogen-bond acceptors (Lipinski definition) is 5. The molecule has 2 aromatic rings. The zero-order valence-corrected chi connectivity index (χ0v) is 13.0. The molecule has 1 aromatic heterocycles. The fourth-order valence-electron chi connectivity index (χ4n) is 2.48. The molecule has 1 saturated carbocycles. The molecule has 1 fully saturated rings. The van der Waals surface area contributed by atoms with Crippen molar-refractivity contribution in [2.24, 2.45) is 0 Å². The normalized spacial score (nSPS) is 14.0. The fraction of sp³-hybridized carbons (Fsp3) is 0.429. The fourth-order valence-corrected chi connectivity index (χ4v) is 2.71. The van der Waals surface area contributed by atoms with Gasteiger partial charge in [0.1, 0.15) is 5.82 Å². The summed E-state index contributed by atoms with van der Waals surface area (Å²) in [5, 5.41) is 21.2. The van der Waals surface area contributed by atoms with E-state index in [0.717, 1.165) is 18.1 Å². The molecule has 1 aliphatic rings. The lowest BCUT2D eigenvalue weighted by molar-refractivity contribution is -0.385. The predicted molar refractivity (Wildman–Crippen MR) is 85.7 cm³/mol. The van der Waals surface area contributed by atoms with E-state index in [2.05, 4.69) is 15.5 Å². The number of nitro benzene ring substituents is 1. The SMILES string of the molecule is Cc1cc(NCCn2c(C3CC3)n[nH]c2=S)ccc1[N+](=O)[O-]. The smallest absolute Gasteiger partial charge is 0.272 e. The average molecular weight is 319 g/mol. The molecular formula is C14H17N5O2S. The molecule has 0 amide bonds. The molecule has 1 aromatic carbocycles. The predicted octanol–water partition coefficient (Wildman–Crippen LogP) is 3.15. The standard InChI is InChI=1S/C14H17N5O2S/c1-9-8-11(4-5-12(9)19(20)21)15-6-7-18-13(10-2-3-10)16-17-14(18)22/h4-5,8,10,15H,2-3,6-7H2,1H3,(H,17,22). The van der Waals surface area contributed by atoms with Crippen molar-refractivity contribution in [1.29, 1.82) is 0 Å². The Hall–Kier alpha value is -2.22. The van der Waals surface area contributed by atoms with Gasteiger partial charge in [0.25, 0.3) is 5.69 Å². The Labute approximate surface area is 132 Å². The first-order valence-electron chi connectivity index (χ1n) is 7.20.